The quantitative estimate of drug-likeness (QED) is 0.406. The molecule has 1 rings (SSSR count). The average molecular weight is 140 g/mol. The highest BCUT2D eigenvalue weighted by Crippen LogP contribution is 2.27. The van der Waals surface area contributed by atoms with Gasteiger partial charge in [-0.15, -0.1) is 0 Å². The molecule has 0 saturated carbocycles. The molecule has 0 bridgehead atoms. The Morgan fingerprint density at radius 1 is 1.60 bits per heavy atom. The molecule has 0 aromatic heterocycles. The van der Waals surface area contributed by atoms with E-state index < -0.39 is 0 Å². The van der Waals surface area contributed by atoms with Crippen molar-refractivity contribution in [3.63, 3.8) is 0 Å². The van der Waals surface area contributed by atoms with Gasteiger partial charge < -0.3 is 4.74 Å². The highest BCUT2D eigenvalue weighted by atomic mass is 16.6. The first-order valence-corrected chi connectivity index (χ1v) is 3.50. The molecular weight excluding hydrogens is 128 g/mol. The lowest BCUT2D eigenvalue weighted by atomic mass is 9.94. The zero-order valence-electron chi connectivity index (χ0n) is 6.33. The van der Waals surface area contributed by atoms with E-state index in [1.807, 2.05) is 13.8 Å². The first-order chi connectivity index (χ1) is 4.66. The van der Waals surface area contributed by atoms with Gasteiger partial charge in [-0.05, 0) is 0 Å². The third kappa shape index (κ3) is 0.939. The Hall–Kier alpha value is -0.790. The van der Waals surface area contributed by atoms with Gasteiger partial charge in [-0.1, -0.05) is 26.5 Å². The molecular formula is C8H12O2. The molecule has 0 spiro atoms. The molecule has 1 aliphatic heterocycles. The van der Waals surface area contributed by atoms with Gasteiger partial charge in [-0.2, -0.15) is 0 Å². The Balaban J connectivity index is 2.70. The predicted molar refractivity (Wildman–Crippen MR) is 38.4 cm³/mol. The maximum Gasteiger partial charge on any atom is 0.309 e. The number of carbonyl (C=O) groups is 1. The summed E-state index contributed by atoms with van der Waals surface area (Å²) in [5.41, 5.74) is 0. The van der Waals surface area contributed by atoms with E-state index in [-0.39, 0.29) is 23.9 Å². The van der Waals surface area contributed by atoms with Crippen LogP contribution in [-0.2, 0) is 9.53 Å². The monoisotopic (exact) mass is 140 g/mol. The van der Waals surface area contributed by atoms with E-state index in [1.54, 1.807) is 6.08 Å². The fourth-order valence-corrected chi connectivity index (χ4v) is 1.11. The Morgan fingerprint density at radius 3 is 2.40 bits per heavy atom. The molecule has 2 heteroatoms. The summed E-state index contributed by atoms with van der Waals surface area (Å²) < 4.78 is 4.98. The van der Waals surface area contributed by atoms with Gasteiger partial charge in [0, 0.05) is 5.92 Å². The second-order valence-electron chi connectivity index (χ2n) is 2.78. The van der Waals surface area contributed by atoms with Crippen molar-refractivity contribution in [2.24, 2.45) is 11.8 Å². The molecule has 0 N–H and O–H groups in total. The smallest absolute Gasteiger partial charge is 0.309 e. The summed E-state index contributed by atoms with van der Waals surface area (Å²) in [6.45, 7) is 7.47. The Bertz CT molecular complexity index is 163. The molecule has 1 saturated heterocycles. The highest BCUT2D eigenvalue weighted by Gasteiger charge is 2.36. The van der Waals surface area contributed by atoms with E-state index in [9.17, 15) is 4.79 Å². The molecule has 0 aromatic carbocycles. The van der Waals surface area contributed by atoms with Gasteiger partial charge >= 0.3 is 5.97 Å². The molecule has 0 unspecified atom stereocenters. The molecule has 2 nitrogen and oxygen atoms in total. The van der Waals surface area contributed by atoms with Crippen molar-refractivity contribution in [2.75, 3.05) is 0 Å². The van der Waals surface area contributed by atoms with Gasteiger partial charge in [0.1, 0.15) is 6.10 Å². The summed E-state index contributed by atoms with van der Waals surface area (Å²) in [4.78, 5) is 10.9. The molecule has 0 amide bonds. The van der Waals surface area contributed by atoms with Crippen molar-refractivity contribution >= 4 is 5.97 Å². The van der Waals surface area contributed by atoms with Gasteiger partial charge in [-0.3, -0.25) is 4.79 Å². The minimum Gasteiger partial charge on any atom is -0.458 e. The lowest BCUT2D eigenvalue weighted by Crippen LogP contribution is -2.12. The van der Waals surface area contributed by atoms with Gasteiger partial charge in [0.15, 0.2) is 0 Å². The van der Waals surface area contributed by atoms with E-state index in [2.05, 4.69) is 6.58 Å². The van der Waals surface area contributed by atoms with Crippen molar-refractivity contribution in [3.05, 3.63) is 12.7 Å². The number of cyclic esters (lactones) is 1. The first-order valence-electron chi connectivity index (χ1n) is 3.50. The summed E-state index contributed by atoms with van der Waals surface area (Å²) in [6.07, 6.45) is 1.62. The van der Waals surface area contributed by atoms with Crippen LogP contribution in [0.15, 0.2) is 12.7 Å². The zero-order valence-corrected chi connectivity index (χ0v) is 6.33. The molecule has 1 aliphatic rings. The predicted octanol–water partition coefficient (Wildman–Crippen LogP) is 1.37. The molecule has 0 aromatic rings. The van der Waals surface area contributed by atoms with Crippen molar-refractivity contribution < 1.29 is 9.53 Å². The summed E-state index contributed by atoms with van der Waals surface area (Å²) >= 11 is 0. The fourth-order valence-electron chi connectivity index (χ4n) is 1.11. The van der Waals surface area contributed by atoms with Crippen LogP contribution in [0.4, 0.5) is 0 Å². The highest BCUT2D eigenvalue weighted by molar-refractivity contribution is 5.75. The maximum absolute atomic E-state index is 10.9. The van der Waals surface area contributed by atoms with Crippen LogP contribution >= 0.6 is 0 Å². The Kier molecular flexibility index (Phi) is 1.79. The molecule has 1 heterocycles. The number of hydrogen-bond acceptors (Lipinski definition) is 2. The summed E-state index contributed by atoms with van der Waals surface area (Å²) in [6, 6.07) is 0. The van der Waals surface area contributed by atoms with E-state index in [0.29, 0.717) is 0 Å². The summed E-state index contributed by atoms with van der Waals surface area (Å²) in [5, 5.41) is 0. The molecule has 1 fully saturated rings. The van der Waals surface area contributed by atoms with Gasteiger partial charge in [0.05, 0.1) is 5.92 Å². The standard InChI is InChI=1S/C8H12O2/c1-4-7-5(2)6(3)8(9)10-7/h4-7H,1H2,2-3H3/t5-,6-,7+/m0/s1. The molecule has 3 atom stereocenters. The van der Waals surface area contributed by atoms with Crippen LogP contribution in [-0.4, -0.2) is 12.1 Å². The third-order valence-electron chi connectivity index (χ3n) is 2.16. The summed E-state index contributed by atoms with van der Waals surface area (Å²) in [5.74, 6) is 0.213. The molecule has 56 valence electrons. The number of ether oxygens (including phenoxy) is 1. The summed E-state index contributed by atoms with van der Waals surface area (Å²) in [7, 11) is 0. The van der Waals surface area contributed by atoms with E-state index in [4.69, 9.17) is 4.74 Å². The lowest BCUT2D eigenvalue weighted by molar-refractivity contribution is -0.142. The van der Waals surface area contributed by atoms with Crippen molar-refractivity contribution in [1.82, 2.24) is 0 Å². The minimum absolute atomic E-state index is 0.0306. The number of hydrogen-bond donors (Lipinski definition) is 0. The Morgan fingerprint density at radius 2 is 2.20 bits per heavy atom. The second kappa shape index (κ2) is 2.45. The van der Waals surface area contributed by atoms with E-state index in [0.717, 1.165) is 0 Å². The van der Waals surface area contributed by atoms with Gasteiger partial charge in [-0.25, -0.2) is 0 Å². The normalized spacial score (nSPS) is 39.4. The molecule has 10 heavy (non-hydrogen) atoms. The van der Waals surface area contributed by atoms with Crippen LogP contribution in [0.5, 0.6) is 0 Å². The van der Waals surface area contributed by atoms with Crippen LogP contribution in [0.1, 0.15) is 13.8 Å². The zero-order chi connectivity index (χ0) is 7.72. The number of esters is 1. The van der Waals surface area contributed by atoms with Gasteiger partial charge in [0.25, 0.3) is 0 Å². The van der Waals surface area contributed by atoms with Crippen LogP contribution < -0.4 is 0 Å². The van der Waals surface area contributed by atoms with E-state index >= 15 is 0 Å². The van der Waals surface area contributed by atoms with Crippen LogP contribution in [0.2, 0.25) is 0 Å². The van der Waals surface area contributed by atoms with Crippen molar-refractivity contribution in [1.29, 1.82) is 0 Å². The number of rotatable bonds is 1. The minimum atomic E-state index is -0.0996. The third-order valence-corrected chi connectivity index (χ3v) is 2.16. The van der Waals surface area contributed by atoms with Crippen LogP contribution in [0.25, 0.3) is 0 Å². The fraction of sp³-hybridized carbons (Fsp3) is 0.625. The van der Waals surface area contributed by atoms with Crippen LogP contribution in [0, 0.1) is 11.8 Å². The van der Waals surface area contributed by atoms with Crippen molar-refractivity contribution in [3.8, 4) is 0 Å². The molecule has 0 aliphatic carbocycles. The maximum atomic E-state index is 10.9. The second-order valence-corrected chi connectivity index (χ2v) is 2.78. The van der Waals surface area contributed by atoms with E-state index in [1.165, 1.54) is 0 Å². The lowest BCUT2D eigenvalue weighted by Gasteiger charge is -2.08. The molecule has 0 radical (unpaired) electrons. The van der Waals surface area contributed by atoms with Gasteiger partial charge in [0.2, 0.25) is 0 Å². The SMILES string of the molecule is C=C[C@H]1OC(=O)[C@@H](C)[C@@H]1C. The number of carbonyl (C=O) groups excluding carboxylic acids is 1. The topological polar surface area (TPSA) is 26.3 Å². The van der Waals surface area contributed by atoms with Crippen molar-refractivity contribution in [2.45, 2.75) is 20.0 Å². The largest absolute Gasteiger partial charge is 0.458 e. The Labute approximate surface area is 60.9 Å². The first kappa shape index (κ1) is 7.32. The van der Waals surface area contributed by atoms with Crippen LogP contribution in [0.3, 0.4) is 0 Å². The average Bonchev–Trinajstić information content (AvgIpc) is 2.17.